The van der Waals surface area contributed by atoms with Gasteiger partial charge in [0.2, 0.25) is 0 Å². The summed E-state index contributed by atoms with van der Waals surface area (Å²) in [4.78, 5) is 44.3. The molecule has 0 saturated heterocycles. The number of alkyl halides is 3. The van der Waals surface area contributed by atoms with Crippen molar-refractivity contribution in [3.63, 3.8) is 0 Å². The van der Waals surface area contributed by atoms with Crippen LogP contribution in [0.15, 0.2) is 24.3 Å². The number of nitrogens with zero attached hydrogens (tertiary/aromatic N) is 2. The van der Waals surface area contributed by atoms with Crippen LogP contribution in [0, 0.1) is 0 Å². The maximum atomic E-state index is 13.1. The summed E-state index contributed by atoms with van der Waals surface area (Å²) in [6.07, 6.45) is 1.62. The maximum absolute atomic E-state index is 13.1. The number of methoxy groups -OCH3 is 3. The van der Waals surface area contributed by atoms with E-state index in [0.717, 1.165) is 33.1 Å². The number of aromatic nitrogens is 1. The quantitative estimate of drug-likeness (QED) is 0.106. The fourth-order valence-corrected chi connectivity index (χ4v) is 4.03. The number of halogens is 3. The van der Waals surface area contributed by atoms with Gasteiger partial charge < -0.3 is 32.8 Å². The molecule has 0 atom stereocenters. The van der Waals surface area contributed by atoms with Crippen LogP contribution in [0.1, 0.15) is 44.2 Å². The summed E-state index contributed by atoms with van der Waals surface area (Å²) in [6.45, 7) is -0.430. The van der Waals surface area contributed by atoms with Gasteiger partial charge in [-0.1, -0.05) is 0 Å². The van der Waals surface area contributed by atoms with Gasteiger partial charge in [0.15, 0.2) is 24.0 Å². The van der Waals surface area contributed by atoms with Gasteiger partial charge in [-0.05, 0) is 31.0 Å². The molecular weight excluding hydrogens is 593 g/mol. The number of hydrogen-bond donors (Lipinski definition) is 0. The van der Waals surface area contributed by atoms with E-state index < -0.39 is 63.0 Å². The molecule has 0 spiro atoms. The molecule has 1 amide bonds. The molecule has 0 radical (unpaired) electrons. The third-order valence-corrected chi connectivity index (χ3v) is 6.88. The number of hydrogen-bond acceptors (Lipinski definition) is 12. The Morgan fingerprint density at radius 2 is 1.69 bits per heavy atom. The topological polar surface area (TPSA) is 157 Å². The minimum atomic E-state index is -6.18. The molecule has 1 aromatic carbocycles. The van der Waals surface area contributed by atoms with E-state index >= 15 is 0 Å². The van der Waals surface area contributed by atoms with Gasteiger partial charge in [0, 0.05) is 37.4 Å². The summed E-state index contributed by atoms with van der Waals surface area (Å²) in [6, 6.07) is 4.15. The second-order valence-corrected chi connectivity index (χ2v) is 10.3. The van der Waals surface area contributed by atoms with Crippen LogP contribution >= 0.6 is 0 Å². The van der Waals surface area contributed by atoms with Gasteiger partial charge in [-0.3, -0.25) is 4.79 Å². The van der Waals surface area contributed by atoms with Crippen LogP contribution < -0.4 is 8.92 Å². The number of carbonyl (C=O) groups excluding carboxylic acids is 3. The van der Waals surface area contributed by atoms with Gasteiger partial charge in [-0.25, -0.2) is 14.6 Å². The van der Waals surface area contributed by atoms with Gasteiger partial charge in [-0.2, -0.15) is 21.6 Å². The minimum Gasteiger partial charge on any atom is -0.493 e. The lowest BCUT2D eigenvalue weighted by atomic mass is 9.96. The van der Waals surface area contributed by atoms with E-state index in [-0.39, 0.29) is 36.1 Å². The Balaban J connectivity index is 2.17. The lowest BCUT2D eigenvalue weighted by Crippen LogP contribution is -2.30. The monoisotopic (exact) mass is 620 g/mol. The first-order valence-electron chi connectivity index (χ1n) is 12.1. The Morgan fingerprint density at radius 1 is 1.00 bits per heavy atom. The van der Waals surface area contributed by atoms with Crippen molar-refractivity contribution in [2.75, 3.05) is 48.4 Å². The number of rotatable bonds is 13. The molecule has 0 N–H and O–H groups in total. The highest BCUT2D eigenvalue weighted by Crippen LogP contribution is 2.40. The summed E-state index contributed by atoms with van der Waals surface area (Å²) in [5.41, 5.74) is -7.23. The van der Waals surface area contributed by atoms with E-state index in [9.17, 15) is 36.0 Å². The van der Waals surface area contributed by atoms with Crippen LogP contribution in [0.25, 0.3) is 11.1 Å². The Labute approximate surface area is 238 Å². The standard InChI is InChI=1S/C25H27F3N2O11S/c1-30(14-5-6-14)22(31)18-8-7-15(21(29-18)24(33)38-4)16-11-19(37-3)20(41-42(34,35)25(26,27)28)12-17(16)23(32)40-13-39-10-9-36-2/h7-8,11-12,14H,5-6,9-10,13H2,1-4H3. The van der Waals surface area contributed by atoms with Crippen LogP contribution in [0.2, 0.25) is 0 Å². The molecule has 1 fully saturated rings. The van der Waals surface area contributed by atoms with Crippen LogP contribution in [-0.2, 0) is 29.1 Å². The van der Waals surface area contributed by atoms with Gasteiger partial charge in [0.1, 0.15) is 5.69 Å². The third-order valence-electron chi connectivity index (χ3n) is 5.91. The SMILES string of the molecule is COCCOCOC(=O)c1cc(OS(=O)(=O)C(F)(F)F)c(OC)cc1-c1ccc(C(=O)N(C)C2CC2)nc1C(=O)OC. The molecule has 2 aromatic rings. The molecule has 0 aliphatic heterocycles. The molecule has 1 aliphatic rings. The molecule has 17 heteroatoms. The Hall–Kier alpha value is -3.96. The van der Waals surface area contributed by atoms with Crippen molar-refractivity contribution in [1.82, 2.24) is 9.88 Å². The Bertz CT molecular complexity index is 1440. The van der Waals surface area contributed by atoms with E-state index in [4.69, 9.17) is 23.7 Å². The van der Waals surface area contributed by atoms with Crippen LogP contribution in [0.5, 0.6) is 11.5 Å². The van der Waals surface area contributed by atoms with Gasteiger partial charge in [-0.15, -0.1) is 0 Å². The lowest BCUT2D eigenvalue weighted by molar-refractivity contribution is -0.0500. The number of pyridine rings is 1. The summed E-state index contributed by atoms with van der Waals surface area (Å²) < 4.78 is 91.6. The summed E-state index contributed by atoms with van der Waals surface area (Å²) >= 11 is 0. The molecule has 1 aromatic heterocycles. The van der Waals surface area contributed by atoms with E-state index in [1.807, 2.05) is 0 Å². The zero-order valence-electron chi connectivity index (χ0n) is 22.8. The van der Waals surface area contributed by atoms with Gasteiger partial charge in [0.05, 0.1) is 33.0 Å². The zero-order valence-corrected chi connectivity index (χ0v) is 23.7. The van der Waals surface area contributed by atoms with Crippen molar-refractivity contribution in [3.8, 4) is 22.6 Å². The molecule has 230 valence electrons. The van der Waals surface area contributed by atoms with Crippen molar-refractivity contribution in [2.24, 2.45) is 0 Å². The Kier molecular flexibility index (Phi) is 10.3. The van der Waals surface area contributed by atoms with Crippen molar-refractivity contribution in [3.05, 3.63) is 41.2 Å². The normalized spacial score (nSPS) is 13.3. The molecule has 0 unspecified atom stereocenters. The average molecular weight is 621 g/mol. The fourth-order valence-electron chi connectivity index (χ4n) is 3.57. The zero-order chi connectivity index (χ0) is 31.2. The first-order chi connectivity index (χ1) is 19.7. The predicted octanol–water partition coefficient (Wildman–Crippen LogP) is 2.78. The van der Waals surface area contributed by atoms with Gasteiger partial charge >= 0.3 is 27.6 Å². The lowest BCUT2D eigenvalue weighted by Gasteiger charge is -2.19. The average Bonchev–Trinajstić information content (AvgIpc) is 3.80. The molecule has 1 aliphatic carbocycles. The largest absolute Gasteiger partial charge is 0.534 e. The predicted molar refractivity (Wildman–Crippen MR) is 136 cm³/mol. The summed E-state index contributed by atoms with van der Waals surface area (Å²) in [7, 11) is -1.15. The molecule has 3 rings (SSSR count). The molecular formula is C25H27F3N2O11S. The number of amides is 1. The van der Waals surface area contributed by atoms with Crippen molar-refractivity contribution in [2.45, 2.75) is 24.4 Å². The molecule has 13 nitrogen and oxygen atoms in total. The third kappa shape index (κ3) is 7.46. The highest BCUT2D eigenvalue weighted by molar-refractivity contribution is 7.88. The molecule has 1 heterocycles. The number of esters is 2. The number of benzene rings is 1. The van der Waals surface area contributed by atoms with E-state index in [1.54, 1.807) is 7.05 Å². The van der Waals surface area contributed by atoms with Crippen LogP contribution in [0.3, 0.4) is 0 Å². The first kappa shape index (κ1) is 32.6. The van der Waals surface area contributed by atoms with Gasteiger partial charge in [0.25, 0.3) is 5.91 Å². The van der Waals surface area contributed by atoms with Crippen LogP contribution in [-0.4, -0.2) is 96.1 Å². The second-order valence-electron chi connectivity index (χ2n) is 8.71. The van der Waals surface area contributed by atoms with E-state index in [1.165, 1.54) is 24.1 Å². The van der Waals surface area contributed by atoms with E-state index in [2.05, 4.69) is 9.17 Å². The van der Waals surface area contributed by atoms with E-state index in [0.29, 0.717) is 6.07 Å². The maximum Gasteiger partial charge on any atom is 0.534 e. The van der Waals surface area contributed by atoms with Crippen molar-refractivity contribution in [1.29, 1.82) is 0 Å². The molecule has 42 heavy (non-hydrogen) atoms. The molecule has 0 bridgehead atoms. The molecule has 1 saturated carbocycles. The number of carbonyl (C=O) groups is 3. The smallest absolute Gasteiger partial charge is 0.493 e. The van der Waals surface area contributed by atoms with Crippen molar-refractivity contribution < 1.29 is 63.8 Å². The minimum absolute atomic E-state index is 0.0258. The summed E-state index contributed by atoms with van der Waals surface area (Å²) in [5, 5.41) is 0. The fraction of sp³-hybridized carbons (Fsp3) is 0.440. The van der Waals surface area contributed by atoms with Crippen LogP contribution in [0.4, 0.5) is 13.2 Å². The number of ether oxygens (including phenoxy) is 5. The van der Waals surface area contributed by atoms with Crippen molar-refractivity contribution >= 4 is 28.0 Å². The second kappa shape index (κ2) is 13.3. The summed E-state index contributed by atoms with van der Waals surface area (Å²) in [5.74, 6) is -4.27. The Morgan fingerprint density at radius 3 is 2.26 bits per heavy atom. The highest BCUT2D eigenvalue weighted by atomic mass is 32.2. The first-order valence-corrected chi connectivity index (χ1v) is 13.5. The highest BCUT2D eigenvalue weighted by Gasteiger charge is 2.49.